The Labute approximate surface area is 207 Å². The van der Waals surface area contributed by atoms with Crippen LogP contribution in [0.15, 0.2) is 54.0 Å². The number of rotatable bonds is 6. The van der Waals surface area contributed by atoms with Crippen molar-refractivity contribution in [3.63, 3.8) is 0 Å². The molecule has 1 fully saturated rings. The van der Waals surface area contributed by atoms with E-state index in [0.29, 0.717) is 22.5 Å². The lowest BCUT2D eigenvalue weighted by Gasteiger charge is -2.28. The minimum Gasteiger partial charge on any atom is -0.481 e. The summed E-state index contributed by atoms with van der Waals surface area (Å²) in [6, 6.07) is 16.4. The first kappa shape index (κ1) is 23.1. The first-order chi connectivity index (χ1) is 17.0. The lowest BCUT2D eigenvalue weighted by atomic mass is 9.77. The van der Waals surface area contributed by atoms with Gasteiger partial charge in [-0.05, 0) is 73.3 Å². The first-order valence-electron chi connectivity index (χ1n) is 11.8. The smallest absolute Gasteiger partial charge is 0.303 e. The van der Waals surface area contributed by atoms with E-state index in [-0.39, 0.29) is 12.3 Å². The third kappa shape index (κ3) is 5.22. The Kier molecular flexibility index (Phi) is 6.55. The molecule has 1 amide bonds. The number of benzene rings is 2. The molecule has 1 aliphatic carbocycles. The summed E-state index contributed by atoms with van der Waals surface area (Å²) in [7, 11) is 0. The zero-order chi connectivity index (χ0) is 24.4. The van der Waals surface area contributed by atoms with Gasteiger partial charge in [-0.1, -0.05) is 47.7 Å². The van der Waals surface area contributed by atoms with E-state index in [4.69, 9.17) is 5.11 Å². The van der Waals surface area contributed by atoms with Gasteiger partial charge in [-0.15, -0.1) is 10.2 Å². The van der Waals surface area contributed by atoms with E-state index in [1.165, 1.54) is 16.9 Å². The third-order valence-corrected chi connectivity index (χ3v) is 7.40. The highest BCUT2D eigenvalue weighted by Gasteiger charge is 2.24. The van der Waals surface area contributed by atoms with Gasteiger partial charge in [0.25, 0.3) is 5.91 Å². The number of carboxylic acid groups (broad SMARTS) is 1. The third-order valence-electron chi connectivity index (χ3n) is 6.79. The predicted octanol–water partition coefficient (Wildman–Crippen LogP) is 6.06. The average molecular weight is 487 g/mol. The van der Waals surface area contributed by atoms with Gasteiger partial charge in [0.1, 0.15) is 5.51 Å². The van der Waals surface area contributed by atoms with Crippen molar-refractivity contribution in [2.45, 2.75) is 44.9 Å². The zero-order valence-corrected chi connectivity index (χ0v) is 20.2. The molecule has 0 spiro atoms. The molecule has 4 aromatic rings. The van der Waals surface area contributed by atoms with Crippen LogP contribution in [0.3, 0.4) is 0 Å². The molecule has 0 bridgehead atoms. The molecule has 1 aliphatic rings. The van der Waals surface area contributed by atoms with Crippen LogP contribution in [0.25, 0.3) is 22.0 Å². The summed E-state index contributed by atoms with van der Waals surface area (Å²) < 4.78 is 0. The largest absolute Gasteiger partial charge is 0.481 e. The van der Waals surface area contributed by atoms with Crippen LogP contribution in [-0.2, 0) is 4.79 Å². The number of aryl methyl sites for hydroxylation is 1. The molecule has 0 radical (unpaired) electrons. The lowest BCUT2D eigenvalue weighted by Crippen LogP contribution is -2.16. The number of aromatic nitrogens is 3. The molecule has 8 heteroatoms. The zero-order valence-electron chi connectivity index (χ0n) is 19.4. The fourth-order valence-corrected chi connectivity index (χ4v) is 5.45. The highest BCUT2D eigenvalue weighted by molar-refractivity contribution is 7.13. The Morgan fingerprint density at radius 3 is 2.46 bits per heavy atom. The molecule has 5 rings (SSSR count). The molecule has 35 heavy (non-hydrogen) atoms. The number of carbonyl (C=O) groups is 2. The van der Waals surface area contributed by atoms with Crippen molar-refractivity contribution >= 4 is 39.2 Å². The van der Waals surface area contributed by atoms with Crippen molar-refractivity contribution in [1.82, 2.24) is 15.2 Å². The highest BCUT2D eigenvalue weighted by atomic mass is 32.1. The maximum absolute atomic E-state index is 12.9. The fraction of sp³-hybridized carbons (Fsp3) is 0.296. The van der Waals surface area contributed by atoms with Gasteiger partial charge in [0.15, 0.2) is 0 Å². The lowest BCUT2D eigenvalue weighted by molar-refractivity contribution is -0.138. The Balaban J connectivity index is 1.35. The van der Waals surface area contributed by atoms with Crippen LogP contribution in [0.4, 0.5) is 5.13 Å². The van der Waals surface area contributed by atoms with E-state index in [2.05, 4.69) is 44.8 Å². The van der Waals surface area contributed by atoms with E-state index in [9.17, 15) is 9.59 Å². The number of amides is 1. The topological polar surface area (TPSA) is 105 Å². The summed E-state index contributed by atoms with van der Waals surface area (Å²) in [6.45, 7) is 1.88. The van der Waals surface area contributed by atoms with Crippen LogP contribution in [-0.4, -0.2) is 32.2 Å². The van der Waals surface area contributed by atoms with Crippen molar-refractivity contribution in [3.05, 3.63) is 70.9 Å². The van der Waals surface area contributed by atoms with Gasteiger partial charge in [-0.3, -0.25) is 19.9 Å². The molecule has 7 nitrogen and oxygen atoms in total. The predicted molar refractivity (Wildman–Crippen MR) is 137 cm³/mol. The van der Waals surface area contributed by atoms with Crippen molar-refractivity contribution in [2.75, 3.05) is 5.32 Å². The second-order valence-electron chi connectivity index (χ2n) is 9.18. The number of nitrogens with one attached hydrogen (secondary N) is 1. The molecule has 0 aliphatic heterocycles. The molecule has 2 heterocycles. The Morgan fingerprint density at radius 2 is 1.77 bits per heavy atom. The molecule has 2 N–H and O–H groups in total. The number of aliphatic carboxylic acids is 1. The van der Waals surface area contributed by atoms with Crippen molar-refractivity contribution in [1.29, 1.82) is 0 Å². The van der Waals surface area contributed by atoms with Gasteiger partial charge in [0.2, 0.25) is 5.13 Å². The number of pyridine rings is 1. The monoisotopic (exact) mass is 486 g/mol. The molecule has 0 atom stereocenters. The standard InChI is InChI=1S/C27H26N4O3S/c1-16-12-23(26(34)30-27-31-28-15-35-27)22-11-10-21(14-24(22)29-16)20-8-6-19(7-9-20)18-4-2-17(3-5-18)13-25(32)33/h6-12,14-15,17-18H,2-5,13H2,1H3,(H,32,33)(H,30,31,34)/t17-,18-. The van der Waals surface area contributed by atoms with E-state index in [0.717, 1.165) is 53.4 Å². The summed E-state index contributed by atoms with van der Waals surface area (Å²) in [5.74, 6) is -0.124. The van der Waals surface area contributed by atoms with Crippen molar-refractivity contribution in [3.8, 4) is 11.1 Å². The van der Waals surface area contributed by atoms with Crippen LogP contribution in [0, 0.1) is 12.8 Å². The number of hydrogen-bond acceptors (Lipinski definition) is 6. The molecular weight excluding hydrogens is 460 g/mol. The van der Waals surface area contributed by atoms with E-state index >= 15 is 0 Å². The quantitative estimate of drug-likeness (QED) is 0.343. The Morgan fingerprint density at radius 1 is 1.03 bits per heavy atom. The Hall–Kier alpha value is -3.65. The van der Waals surface area contributed by atoms with E-state index in [1.807, 2.05) is 25.1 Å². The van der Waals surface area contributed by atoms with Gasteiger partial charge >= 0.3 is 5.97 Å². The van der Waals surface area contributed by atoms with Crippen LogP contribution in [0.5, 0.6) is 0 Å². The molecule has 0 unspecified atom stereocenters. The van der Waals surface area contributed by atoms with Crippen LogP contribution in [0.1, 0.15) is 59.6 Å². The maximum atomic E-state index is 12.9. The van der Waals surface area contributed by atoms with E-state index < -0.39 is 5.97 Å². The fourth-order valence-electron chi connectivity index (χ4n) is 5.01. The van der Waals surface area contributed by atoms with Gasteiger partial charge in [-0.25, -0.2) is 0 Å². The molecule has 2 aromatic heterocycles. The number of anilines is 1. The van der Waals surface area contributed by atoms with Gasteiger partial charge < -0.3 is 5.11 Å². The first-order valence-corrected chi connectivity index (χ1v) is 12.7. The van der Waals surface area contributed by atoms with E-state index in [1.54, 1.807) is 11.6 Å². The average Bonchev–Trinajstić information content (AvgIpc) is 3.36. The molecule has 0 saturated heterocycles. The van der Waals surface area contributed by atoms with Crippen LogP contribution in [0.2, 0.25) is 0 Å². The van der Waals surface area contributed by atoms with Crippen molar-refractivity contribution in [2.24, 2.45) is 5.92 Å². The second kappa shape index (κ2) is 9.92. The van der Waals surface area contributed by atoms with Crippen LogP contribution >= 0.6 is 11.3 Å². The number of carboxylic acids is 1. The molecule has 1 saturated carbocycles. The molecular formula is C27H26N4O3S. The molecule has 178 valence electrons. The normalized spacial score (nSPS) is 17.9. The summed E-state index contributed by atoms with van der Waals surface area (Å²) in [4.78, 5) is 28.5. The molecule has 2 aromatic carbocycles. The second-order valence-corrected chi connectivity index (χ2v) is 10.0. The van der Waals surface area contributed by atoms with Crippen LogP contribution < -0.4 is 5.32 Å². The number of hydrogen-bond donors (Lipinski definition) is 2. The Bertz CT molecular complexity index is 1360. The van der Waals surface area contributed by atoms with Gasteiger partial charge in [0, 0.05) is 17.5 Å². The van der Waals surface area contributed by atoms with Crippen molar-refractivity contribution < 1.29 is 14.7 Å². The van der Waals surface area contributed by atoms with Gasteiger partial charge in [-0.2, -0.15) is 0 Å². The maximum Gasteiger partial charge on any atom is 0.303 e. The number of nitrogens with zero attached hydrogens (tertiary/aromatic N) is 3. The summed E-state index contributed by atoms with van der Waals surface area (Å²) in [5, 5.41) is 20.7. The SMILES string of the molecule is Cc1cc(C(=O)Nc2nncs2)c2ccc(-c3ccc([C@H]4CC[C@H](CC(=O)O)CC4)cc3)cc2n1. The summed E-state index contributed by atoms with van der Waals surface area (Å²) >= 11 is 1.28. The van der Waals surface area contributed by atoms with Gasteiger partial charge in [0.05, 0.1) is 11.1 Å². The number of fused-ring (bicyclic) bond motifs is 1. The highest BCUT2D eigenvalue weighted by Crippen LogP contribution is 2.38. The number of carbonyl (C=O) groups excluding carboxylic acids is 1. The minimum absolute atomic E-state index is 0.229. The minimum atomic E-state index is -0.692. The summed E-state index contributed by atoms with van der Waals surface area (Å²) in [5.41, 5.74) is 7.13. The summed E-state index contributed by atoms with van der Waals surface area (Å²) in [6.07, 6.45) is 4.32.